The molecule has 0 saturated carbocycles. The van der Waals surface area contributed by atoms with Crippen molar-refractivity contribution >= 4 is 0 Å². The van der Waals surface area contributed by atoms with E-state index in [0.29, 0.717) is 6.61 Å². The number of nitrogens with one attached hydrogen (secondary N) is 1. The van der Waals surface area contributed by atoms with Gasteiger partial charge >= 0.3 is 0 Å². The highest BCUT2D eigenvalue weighted by Crippen LogP contribution is 2.21. The highest BCUT2D eigenvalue weighted by Gasteiger charge is 2.20. The zero-order chi connectivity index (χ0) is 16.9. The Labute approximate surface area is 141 Å². The van der Waals surface area contributed by atoms with Crippen LogP contribution in [0.2, 0.25) is 0 Å². The number of hydrogen-bond donors (Lipinski definition) is 1. The molecule has 24 heavy (non-hydrogen) atoms. The van der Waals surface area contributed by atoms with Gasteiger partial charge in [0, 0.05) is 7.11 Å². The molecule has 0 saturated heterocycles. The summed E-state index contributed by atoms with van der Waals surface area (Å²) >= 11 is 0. The molecule has 2 atom stereocenters. The van der Waals surface area contributed by atoms with E-state index in [9.17, 15) is 0 Å². The minimum Gasteiger partial charge on any atom is -0.465 e. The first-order valence-electron chi connectivity index (χ1n) is 7.96. The third kappa shape index (κ3) is 3.72. The lowest BCUT2D eigenvalue weighted by Gasteiger charge is -2.19. The lowest BCUT2D eigenvalue weighted by atomic mass is 10.1. The molecule has 0 fully saturated rings. The van der Waals surface area contributed by atoms with Crippen molar-refractivity contribution in [3.05, 3.63) is 65.9 Å². The highest BCUT2D eigenvalue weighted by molar-refractivity contribution is 5.30. The highest BCUT2D eigenvalue weighted by atomic mass is 16.5. The summed E-state index contributed by atoms with van der Waals surface area (Å²) in [5.41, 5.74) is 1.85. The quantitative estimate of drug-likeness (QED) is 0.722. The molecule has 0 aliphatic rings. The smallest absolute Gasteiger partial charge is 0.123 e. The van der Waals surface area contributed by atoms with E-state index >= 15 is 0 Å². The molecule has 0 spiro atoms. The third-order valence-corrected chi connectivity index (χ3v) is 3.86. The molecule has 126 valence electrons. The maximum atomic E-state index is 5.73. The molecule has 0 aliphatic heterocycles. The number of aryl methyl sites for hydroxylation is 1. The Bertz CT molecular complexity index is 766. The van der Waals surface area contributed by atoms with Gasteiger partial charge in [0.2, 0.25) is 0 Å². The van der Waals surface area contributed by atoms with Crippen LogP contribution in [0.25, 0.3) is 5.69 Å². The van der Waals surface area contributed by atoms with Crippen LogP contribution >= 0.6 is 0 Å². The van der Waals surface area contributed by atoms with Gasteiger partial charge in [-0.1, -0.05) is 23.4 Å². The lowest BCUT2D eigenvalue weighted by Crippen LogP contribution is -2.28. The number of nitrogens with zero attached hydrogens (tertiary/aromatic N) is 3. The van der Waals surface area contributed by atoms with Crippen molar-refractivity contribution in [2.75, 3.05) is 13.7 Å². The number of hydrogen-bond acceptors (Lipinski definition) is 5. The van der Waals surface area contributed by atoms with E-state index in [2.05, 4.69) is 22.6 Å². The van der Waals surface area contributed by atoms with Crippen LogP contribution in [-0.2, 0) is 4.74 Å². The van der Waals surface area contributed by atoms with Gasteiger partial charge in [0.15, 0.2) is 0 Å². The Morgan fingerprint density at radius 3 is 2.67 bits per heavy atom. The second-order valence-electron chi connectivity index (χ2n) is 5.77. The molecular weight excluding hydrogens is 304 g/mol. The van der Waals surface area contributed by atoms with Gasteiger partial charge in [-0.05, 0) is 38.1 Å². The van der Waals surface area contributed by atoms with Gasteiger partial charge in [0.1, 0.15) is 11.5 Å². The number of aromatic nitrogens is 3. The number of ether oxygens (including phenoxy) is 1. The average Bonchev–Trinajstić information content (AvgIpc) is 3.24. The lowest BCUT2D eigenvalue weighted by molar-refractivity contribution is 0.151. The molecule has 0 bridgehead atoms. The molecule has 3 rings (SSSR count). The fourth-order valence-electron chi connectivity index (χ4n) is 2.59. The van der Waals surface area contributed by atoms with E-state index in [1.165, 1.54) is 0 Å². The fourth-order valence-corrected chi connectivity index (χ4v) is 2.59. The Kier molecular flexibility index (Phi) is 5.08. The van der Waals surface area contributed by atoms with Crippen molar-refractivity contribution in [1.29, 1.82) is 0 Å². The van der Waals surface area contributed by atoms with Crippen LogP contribution in [0.15, 0.2) is 53.1 Å². The number of benzene rings is 1. The third-order valence-electron chi connectivity index (χ3n) is 3.86. The Morgan fingerprint density at radius 2 is 2.00 bits per heavy atom. The molecular formula is C18H22N4O2. The second-order valence-corrected chi connectivity index (χ2v) is 5.77. The summed E-state index contributed by atoms with van der Waals surface area (Å²) in [4.78, 5) is 0. The number of para-hydroxylation sites is 1. The maximum absolute atomic E-state index is 5.73. The molecule has 6 heteroatoms. The van der Waals surface area contributed by atoms with E-state index in [-0.39, 0.29) is 12.1 Å². The molecule has 2 aromatic heterocycles. The largest absolute Gasteiger partial charge is 0.465 e. The summed E-state index contributed by atoms with van der Waals surface area (Å²) in [7, 11) is 1.68. The van der Waals surface area contributed by atoms with Gasteiger partial charge in [-0.2, -0.15) is 0 Å². The predicted octanol–water partition coefficient (Wildman–Crippen LogP) is 3.21. The standard InChI is InChI=1S/C18H22N4O2/c1-13-9-10-18(24-13)17(12-23-3)19-14(2)16-11-22(21-20-16)15-7-5-4-6-8-15/h4-11,14,17,19H,12H2,1-3H3. The van der Waals surface area contributed by atoms with Gasteiger partial charge in [-0.25, -0.2) is 4.68 Å². The molecule has 6 nitrogen and oxygen atoms in total. The van der Waals surface area contributed by atoms with Crippen LogP contribution in [0.3, 0.4) is 0 Å². The van der Waals surface area contributed by atoms with Gasteiger partial charge in [-0.3, -0.25) is 5.32 Å². The molecule has 0 aliphatic carbocycles. The minimum absolute atomic E-state index is 0.00742. The number of methoxy groups -OCH3 is 1. The van der Waals surface area contributed by atoms with Crippen molar-refractivity contribution in [1.82, 2.24) is 20.3 Å². The Hall–Kier alpha value is -2.44. The van der Waals surface area contributed by atoms with Gasteiger partial charge in [0.25, 0.3) is 0 Å². The van der Waals surface area contributed by atoms with E-state index in [1.54, 1.807) is 11.8 Å². The van der Waals surface area contributed by atoms with Crippen LogP contribution in [0.1, 0.15) is 36.2 Å². The van der Waals surface area contributed by atoms with Gasteiger partial charge < -0.3 is 9.15 Å². The Morgan fingerprint density at radius 1 is 1.21 bits per heavy atom. The van der Waals surface area contributed by atoms with E-state index < -0.39 is 0 Å². The molecule has 1 N–H and O–H groups in total. The summed E-state index contributed by atoms with van der Waals surface area (Å²) in [5.74, 6) is 1.74. The molecule has 3 aromatic rings. The second kappa shape index (κ2) is 7.42. The monoisotopic (exact) mass is 326 g/mol. The zero-order valence-corrected chi connectivity index (χ0v) is 14.1. The van der Waals surface area contributed by atoms with Gasteiger partial charge in [-0.15, -0.1) is 5.10 Å². The fraction of sp³-hybridized carbons (Fsp3) is 0.333. The minimum atomic E-state index is -0.0411. The first kappa shape index (κ1) is 16.4. The van der Waals surface area contributed by atoms with Gasteiger partial charge in [0.05, 0.1) is 36.3 Å². The van der Waals surface area contributed by atoms with Crippen LogP contribution < -0.4 is 5.32 Å². The summed E-state index contributed by atoms with van der Waals surface area (Å²) in [6.07, 6.45) is 1.93. The van der Waals surface area contributed by atoms with Crippen molar-refractivity contribution in [2.45, 2.75) is 25.9 Å². The Balaban J connectivity index is 1.73. The van der Waals surface area contributed by atoms with Crippen LogP contribution in [-0.4, -0.2) is 28.7 Å². The van der Waals surface area contributed by atoms with E-state index in [0.717, 1.165) is 22.9 Å². The molecule has 2 unspecified atom stereocenters. The van der Waals surface area contributed by atoms with E-state index in [1.807, 2.05) is 55.6 Å². The number of furan rings is 1. The summed E-state index contributed by atoms with van der Waals surface area (Å²) in [6, 6.07) is 13.8. The normalized spacial score (nSPS) is 13.8. The van der Waals surface area contributed by atoms with Crippen LogP contribution in [0.5, 0.6) is 0 Å². The van der Waals surface area contributed by atoms with Crippen molar-refractivity contribution in [2.24, 2.45) is 0 Å². The topological polar surface area (TPSA) is 65.1 Å². The molecule has 1 aromatic carbocycles. The average molecular weight is 326 g/mol. The molecule has 2 heterocycles. The summed E-state index contributed by atoms with van der Waals surface area (Å²) < 4.78 is 12.8. The summed E-state index contributed by atoms with van der Waals surface area (Å²) in [5, 5.41) is 12.0. The first-order chi connectivity index (χ1) is 11.7. The maximum Gasteiger partial charge on any atom is 0.123 e. The van der Waals surface area contributed by atoms with Crippen LogP contribution in [0.4, 0.5) is 0 Å². The van der Waals surface area contributed by atoms with Crippen LogP contribution in [0, 0.1) is 6.92 Å². The van der Waals surface area contributed by atoms with E-state index in [4.69, 9.17) is 9.15 Å². The van der Waals surface area contributed by atoms with Crippen molar-refractivity contribution in [3.8, 4) is 5.69 Å². The first-order valence-corrected chi connectivity index (χ1v) is 7.96. The van der Waals surface area contributed by atoms with Crippen molar-refractivity contribution in [3.63, 3.8) is 0 Å². The predicted molar refractivity (Wildman–Crippen MR) is 91.0 cm³/mol. The molecule has 0 radical (unpaired) electrons. The SMILES string of the molecule is COCC(NC(C)c1cn(-c2ccccc2)nn1)c1ccc(C)o1. The number of rotatable bonds is 7. The molecule has 0 amide bonds. The van der Waals surface area contributed by atoms with Crippen molar-refractivity contribution < 1.29 is 9.15 Å². The zero-order valence-electron chi connectivity index (χ0n) is 14.1. The summed E-state index contributed by atoms with van der Waals surface area (Å²) in [6.45, 7) is 4.50.